The van der Waals surface area contributed by atoms with Gasteiger partial charge in [-0.3, -0.25) is 14.7 Å². The molecule has 3 aliphatic heterocycles. The molecule has 14 heteroatoms. The maximum absolute atomic E-state index is 13.1. The number of cyclic esters (lactones) is 1. The molecule has 0 aliphatic carbocycles. The van der Waals surface area contributed by atoms with Gasteiger partial charge in [0, 0.05) is 29.7 Å². The fraction of sp³-hybridized carbons (Fsp3) is 0.370. The first-order chi connectivity index (χ1) is 19.3. The van der Waals surface area contributed by atoms with Gasteiger partial charge in [0.25, 0.3) is 5.91 Å². The second-order valence-electron chi connectivity index (χ2n) is 10.1. The van der Waals surface area contributed by atoms with Crippen LogP contribution in [0.3, 0.4) is 0 Å². The number of piperidine rings is 1. The third kappa shape index (κ3) is 5.72. The largest absolute Gasteiger partial charge is 0.441 e. The standard InChI is InChI=1S/C27H27F3N4O6S/c1-17-13-21(34-15-22(16-35)40-25(34)37)6-5-18(17)7-12-41(38,39)33-10-8-26(9-11-33)24(36)31-23(32-26)19-3-2-4-20(14-19)27(28,29)30/h2-7,12-14,22,35H,8-11,15-16H2,1H3,(H,31,32,36)/t22-/m1/s1. The molecule has 3 heterocycles. The predicted molar refractivity (Wildman–Crippen MR) is 143 cm³/mol. The van der Waals surface area contributed by atoms with Crippen LogP contribution in [0.15, 0.2) is 52.9 Å². The molecular weight excluding hydrogens is 565 g/mol. The molecular formula is C27H27F3N4O6S. The van der Waals surface area contributed by atoms with Crippen molar-refractivity contribution in [2.24, 2.45) is 4.99 Å². The summed E-state index contributed by atoms with van der Waals surface area (Å²) in [6.07, 6.45) is -4.13. The number of amides is 2. The number of amidine groups is 1. The minimum atomic E-state index is -4.55. The highest BCUT2D eigenvalue weighted by Gasteiger charge is 2.47. The van der Waals surface area contributed by atoms with Crippen molar-refractivity contribution in [3.8, 4) is 0 Å². The van der Waals surface area contributed by atoms with Crippen LogP contribution >= 0.6 is 0 Å². The van der Waals surface area contributed by atoms with Gasteiger partial charge in [-0.2, -0.15) is 17.5 Å². The van der Waals surface area contributed by atoms with E-state index < -0.39 is 45.4 Å². The molecule has 2 amide bonds. The number of nitrogens with one attached hydrogen (secondary N) is 1. The van der Waals surface area contributed by atoms with Gasteiger partial charge in [-0.15, -0.1) is 0 Å². The van der Waals surface area contributed by atoms with E-state index >= 15 is 0 Å². The molecule has 2 saturated heterocycles. The van der Waals surface area contributed by atoms with Gasteiger partial charge in [0.1, 0.15) is 17.5 Å². The van der Waals surface area contributed by atoms with Crippen molar-refractivity contribution in [3.63, 3.8) is 0 Å². The summed E-state index contributed by atoms with van der Waals surface area (Å²) in [5.74, 6) is -0.439. The van der Waals surface area contributed by atoms with Crippen molar-refractivity contribution in [2.45, 2.75) is 37.6 Å². The van der Waals surface area contributed by atoms with E-state index in [-0.39, 0.29) is 50.5 Å². The second kappa shape index (κ2) is 10.6. The Bertz CT molecular complexity index is 1550. The first kappa shape index (κ1) is 28.8. The lowest BCUT2D eigenvalue weighted by molar-refractivity contribution is -0.137. The van der Waals surface area contributed by atoms with Gasteiger partial charge < -0.3 is 15.2 Å². The Morgan fingerprint density at radius 2 is 1.90 bits per heavy atom. The van der Waals surface area contributed by atoms with E-state index in [1.807, 2.05) is 0 Å². The van der Waals surface area contributed by atoms with E-state index in [0.29, 0.717) is 16.8 Å². The zero-order chi connectivity index (χ0) is 29.6. The number of sulfonamides is 1. The summed E-state index contributed by atoms with van der Waals surface area (Å²) in [4.78, 5) is 30.7. The molecule has 218 valence electrons. The summed E-state index contributed by atoms with van der Waals surface area (Å²) in [7, 11) is -3.86. The summed E-state index contributed by atoms with van der Waals surface area (Å²) < 4.78 is 71.8. The number of hydrogen-bond acceptors (Lipinski definition) is 7. The molecule has 2 fully saturated rings. The summed E-state index contributed by atoms with van der Waals surface area (Å²) in [6, 6.07) is 9.56. The van der Waals surface area contributed by atoms with Gasteiger partial charge in [-0.1, -0.05) is 18.2 Å². The Hall–Kier alpha value is -3.75. The number of aliphatic hydroxyl groups excluding tert-OH is 1. The smallest absolute Gasteiger partial charge is 0.416 e. The van der Waals surface area contributed by atoms with E-state index in [9.17, 15) is 36.3 Å². The molecule has 5 rings (SSSR count). The van der Waals surface area contributed by atoms with Crippen molar-refractivity contribution in [2.75, 3.05) is 31.1 Å². The number of ether oxygens (including phenoxy) is 1. The quantitative estimate of drug-likeness (QED) is 0.531. The fourth-order valence-electron chi connectivity index (χ4n) is 5.03. The van der Waals surface area contributed by atoms with E-state index in [0.717, 1.165) is 17.5 Å². The number of carbonyl (C=O) groups excluding carboxylic acids is 2. The molecule has 0 bridgehead atoms. The SMILES string of the molecule is Cc1cc(N2C[C@H](CO)OC2=O)ccc1C=CS(=O)(=O)N1CCC2(CC1)N=C(c1cccc(C(F)(F)F)c1)NC2=O. The van der Waals surface area contributed by atoms with Gasteiger partial charge >= 0.3 is 12.3 Å². The molecule has 2 aromatic carbocycles. The number of alkyl halides is 3. The minimum absolute atomic E-state index is 0.000476. The highest BCUT2D eigenvalue weighted by atomic mass is 32.2. The summed E-state index contributed by atoms with van der Waals surface area (Å²) in [5, 5.41) is 12.9. The predicted octanol–water partition coefficient (Wildman–Crippen LogP) is 3.04. The Balaban J connectivity index is 1.26. The Morgan fingerprint density at radius 1 is 1.17 bits per heavy atom. The Kier molecular flexibility index (Phi) is 7.42. The molecule has 41 heavy (non-hydrogen) atoms. The zero-order valence-corrected chi connectivity index (χ0v) is 22.7. The number of aliphatic hydroxyl groups is 1. The van der Waals surface area contributed by atoms with Crippen LogP contribution in [-0.4, -0.2) is 73.5 Å². The number of rotatable bonds is 6. The monoisotopic (exact) mass is 592 g/mol. The molecule has 3 aliphatic rings. The topological polar surface area (TPSA) is 129 Å². The molecule has 0 saturated carbocycles. The highest BCUT2D eigenvalue weighted by molar-refractivity contribution is 7.92. The summed E-state index contributed by atoms with van der Waals surface area (Å²) in [6.45, 7) is 1.69. The number of halogens is 3. The van der Waals surface area contributed by atoms with Crippen molar-refractivity contribution in [3.05, 3.63) is 70.1 Å². The molecule has 1 atom stereocenters. The third-order valence-corrected chi connectivity index (χ3v) is 8.98. The first-order valence-electron chi connectivity index (χ1n) is 12.8. The average Bonchev–Trinajstić information content (AvgIpc) is 3.47. The lowest BCUT2D eigenvalue weighted by Crippen LogP contribution is -2.50. The van der Waals surface area contributed by atoms with E-state index in [1.165, 1.54) is 27.4 Å². The lowest BCUT2D eigenvalue weighted by Gasteiger charge is -2.34. The molecule has 1 spiro atoms. The average molecular weight is 593 g/mol. The molecule has 10 nitrogen and oxygen atoms in total. The van der Waals surface area contributed by atoms with Crippen LogP contribution in [0.5, 0.6) is 0 Å². The van der Waals surface area contributed by atoms with Gasteiger partial charge in [-0.05, 0) is 61.2 Å². The summed E-state index contributed by atoms with van der Waals surface area (Å²) >= 11 is 0. The molecule has 0 unspecified atom stereocenters. The maximum atomic E-state index is 13.1. The van der Waals surface area contributed by atoms with Crippen LogP contribution in [0, 0.1) is 6.92 Å². The lowest BCUT2D eigenvalue weighted by atomic mass is 9.89. The Labute approximate surface area is 234 Å². The van der Waals surface area contributed by atoms with Gasteiger partial charge in [0.15, 0.2) is 0 Å². The Morgan fingerprint density at radius 3 is 2.54 bits per heavy atom. The van der Waals surface area contributed by atoms with Crippen molar-refractivity contribution < 1.29 is 41.0 Å². The fourth-order valence-corrected chi connectivity index (χ4v) is 6.22. The van der Waals surface area contributed by atoms with Crippen LogP contribution in [-0.2, 0) is 25.7 Å². The number of benzene rings is 2. The number of aryl methyl sites for hydroxylation is 1. The number of carbonyl (C=O) groups is 2. The molecule has 2 aromatic rings. The van der Waals surface area contributed by atoms with Gasteiger partial charge in [0.05, 0.1) is 18.7 Å². The van der Waals surface area contributed by atoms with Crippen LogP contribution in [0.25, 0.3) is 6.08 Å². The zero-order valence-electron chi connectivity index (χ0n) is 21.9. The molecule has 0 radical (unpaired) electrons. The van der Waals surface area contributed by atoms with Crippen LogP contribution in [0.1, 0.15) is 35.1 Å². The van der Waals surface area contributed by atoms with E-state index in [4.69, 9.17) is 4.74 Å². The second-order valence-corrected chi connectivity index (χ2v) is 11.9. The van der Waals surface area contributed by atoms with E-state index in [1.54, 1.807) is 25.1 Å². The van der Waals surface area contributed by atoms with Gasteiger partial charge in [0.2, 0.25) is 10.0 Å². The number of anilines is 1. The highest BCUT2D eigenvalue weighted by Crippen LogP contribution is 2.34. The van der Waals surface area contributed by atoms with E-state index in [2.05, 4.69) is 10.3 Å². The molecule has 2 N–H and O–H groups in total. The number of nitrogens with zero attached hydrogens (tertiary/aromatic N) is 3. The number of aliphatic imine (C=N–C) groups is 1. The number of hydrogen-bond donors (Lipinski definition) is 2. The molecule has 0 aromatic heterocycles. The van der Waals surface area contributed by atoms with Crippen LogP contribution in [0.4, 0.5) is 23.7 Å². The van der Waals surface area contributed by atoms with Crippen LogP contribution in [0.2, 0.25) is 0 Å². The third-order valence-electron chi connectivity index (χ3n) is 7.42. The van der Waals surface area contributed by atoms with Crippen LogP contribution < -0.4 is 10.2 Å². The normalized spacial score (nSPS) is 21.4. The minimum Gasteiger partial charge on any atom is -0.441 e. The summed E-state index contributed by atoms with van der Waals surface area (Å²) in [5.41, 5.74) is -0.103. The first-order valence-corrected chi connectivity index (χ1v) is 14.3. The van der Waals surface area contributed by atoms with Crippen molar-refractivity contribution in [1.29, 1.82) is 0 Å². The maximum Gasteiger partial charge on any atom is 0.416 e. The van der Waals surface area contributed by atoms with Gasteiger partial charge in [-0.25, -0.2) is 13.2 Å². The van der Waals surface area contributed by atoms with Crippen molar-refractivity contribution >= 4 is 39.6 Å². The van der Waals surface area contributed by atoms with Crippen molar-refractivity contribution in [1.82, 2.24) is 9.62 Å².